The molecule has 0 fully saturated rings. The van der Waals surface area contributed by atoms with Crippen molar-refractivity contribution in [3.63, 3.8) is 0 Å². The Morgan fingerprint density at radius 2 is 1.02 bits per heavy atom. The predicted molar refractivity (Wildman–Crippen MR) is 210 cm³/mol. The maximum atomic E-state index is 6.40. The molecule has 8 aromatic carbocycles. The zero-order chi connectivity index (χ0) is 33.9. The van der Waals surface area contributed by atoms with E-state index in [9.17, 15) is 0 Å². The molecule has 1 unspecified atom stereocenters. The molecule has 240 valence electrons. The van der Waals surface area contributed by atoms with Gasteiger partial charge in [-0.1, -0.05) is 159 Å². The Hall–Kier alpha value is -6.18. The lowest BCUT2D eigenvalue weighted by Crippen LogP contribution is -2.26. The molecule has 1 atom stereocenters. The fourth-order valence-corrected chi connectivity index (χ4v) is 9.70. The first-order valence-corrected chi connectivity index (χ1v) is 17.9. The summed E-state index contributed by atoms with van der Waals surface area (Å²) in [4.78, 5) is 0. The van der Waals surface area contributed by atoms with Crippen LogP contribution in [0, 0.1) is 0 Å². The molecule has 0 saturated heterocycles. The first-order chi connectivity index (χ1) is 25.0. The Morgan fingerprint density at radius 1 is 0.392 bits per heavy atom. The first-order valence-electron chi connectivity index (χ1n) is 17.9. The van der Waals surface area contributed by atoms with E-state index in [1.165, 1.54) is 88.7 Å². The Labute approximate surface area is 298 Å². The molecule has 8 aromatic rings. The molecule has 0 aromatic heterocycles. The molecule has 3 aliphatic rings. The minimum Gasteiger partial charge on any atom is -0.457 e. The van der Waals surface area contributed by atoms with Crippen LogP contribution in [0.5, 0.6) is 11.5 Å². The second-order valence-electron chi connectivity index (χ2n) is 14.8. The third-order valence-electron chi connectivity index (χ3n) is 11.9. The van der Waals surface area contributed by atoms with Gasteiger partial charge in [-0.3, -0.25) is 0 Å². The lowest BCUT2D eigenvalue weighted by atomic mass is 9.69. The summed E-state index contributed by atoms with van der Waals surface area (Å²) in [6.07, 6.45) is 0. The van der Waals surface area contributed by atoms with Gasteiger partial charge in [0.2, 0.25) is 0 Å². The number of benzene rings is 8. The molecule has 1 aliphatic heterocycles. The summed E-state index contributed by atoms with van der Waals surface area (Å²) in [6.45, 7) is 4.60. The largest absolute Gasteiger partial charge is 0.457 e. The van der Waals surface area contributed by atoms with Crippen LogP contribution in [0.2, 0.25) is 0 Å². The van der Waals surface area contributed by atoms with Crippen LogP contribution in [0.4, 0.5) is 0 Å². The van der Waals surface area contributed by atoms with E-state index in [4.69, 9.17) is 4.74 Å². The van der Waals surface area contributed by atoms with Crippen molar-refractivity contribution in [3.8, 4) is 56.0 Å². The second-order valence-corrected chi connectivity index (χ2v) is 14.8. The van der Waals surface area contributed by atoms with Crippen molar-refractivity contribution in [1.29, 1.82) is 0 Å². The number of ether oxygens (including phenoxy) is 1. The van der Waals surface area contributed by atoms with Gasteiger partial charge in [0.05, 0.1) is 5.41 Å². The average Bonchev–Trinajstić information content (AvgIpc) is 3.66. The van der Waals surface area contributed by atoms with Crippen molar-refractivity contribution >= 4 is 10.8 Å². The molecule has 0 amide bonds. The van der Waals surface area contributed by atoms with E-state index in [0.717, 1.165) is 11.5 Å². The van der Waals surface area contributed by atoms with Crippen molar-refractivity contribution in [3.05, 3.63) is 203 Å². The molecule has 2 aliphatic carbocycles. The van der Waals surface area contributed by atoms with E-state index in [1.807, 2.05) is 6.07 Å². The molecular formula is C50H34O. The molecule has 1 nitrogen and oxygen atoms in total. The monoisotopic (exact) mass is 650 g/mol. The predicted octanol–water partition coefficient (Wildman–Crippen LogP) is 12.9. The lowest BCUT2D eigenvalue weighted by molar-refractivity contribution is 0.418. The molecule has 51 heavy (non-hydrogen) atoms. The number of fused-ring (bicyclic) bond motifs is 14. The van der Waals surface area contributed by atoms with E-state index in [-0.39, 0.29) is 5.41 Å². The molecular weight excluding hydrogens is 617 g/mol. The summed E-state index contributed by atoms with van der Waals surface area (Å²) in [7, 11) is 0. The maximum absolute atomic E-state index is 6.40. The number of para-hydroxylation sites is 1. The van der Waals surface area contributed by atoms with Crippen LogP contribution in [0.15, 0.2) is 170 Å². The highest BCUT2D eigenvalue weighted by atomic mass is 16.5. The van der Waals surface area contributed by atoms with E-state index in [2.05, 4.69) is 178 Å². The minimum atomic E-state index is -0.410. The van der Waals surface area contributed by atoms with Crippen molar-refractivity contribution in [2.45, 2.75) is 24.7 Å². The van der Waals surface area contributed by atoms with Gasteiger partial charge in [0.25, 0.3) is 0 Å². The SMILES string of the molecule is CC1(C)c2ccccc2Oc2ccc(-c3cccc(-c4cccc5c4-c4ccccc4C54c5ccccc5-c5ccc6ccccc6c54)c3)cc21. The van der Waals surface area contributed by atoms with Gasteiger partial charge in [-0.15, -0.1) is 0 Å². The highest BCUT2D eigenvalue weighted by Crippen LogP contribution is 2.65. The van der Waals surface area contributed by atoms with E-state index in [0.29, 0.717) is 0 Å². The highest BCUT2D eigenvalue weighted by Gasteiger charge is 2.52. The fourth-order valence-electron chi connectivity index (χ4n) is 9.70. The van der Waals surface area contributed by atoms with Crippen LogP contribution in [0.3, 0.4) is 0 Å². The quantitative estimate of drug-likeness (QED) is 0.181. The topological polar surface area (TPSA) is 9.23 Å². The van der Waals surface area contributed by atoms with E-state index < -0.39 is 5.41 Å². The third kappa shape index (κ3) is 3.71. The maximum Gasteiger partial charge on any atom is 0.131 e. The van der Waals surface area contributed by atoms with Gasteiger partial charge >= 0.3 is 0 Å². The molecule has 11 rings (SSSR count). The van der Waals surface area contributed by atoms with Crippen LogP contribution in [0.1, 0.15) is 47.2 Å². The van der Waals surface area contributed by atoms with Crippen molar-refractivity contribution in [1.82, 2.24) is 0 Å². The van der Waals surface area contributed by atoms with E-state index >= 15 is 0 Å². The number of rotatable bonds is 2. The Kier molecular flexibility index (Phi) is 5.72. The van der Waals surface area contributed by atoms with Gasteiger partial charge in [0, 0.05) is 16.5 Å². The molecule has 0 bridgehead atoms. The van der Waals surface area contributed by atoms with Crippen LogP contribution >= 0.6 is 0 Å². The Morgan fingerprint density at radius 3 is 1.90 bits per heavy atom. The summed E-state index contributed by atoms with van der Waals surface area (Å²) in [5, 5.41) is 2.60. The van der Waals surface area contributed by atoms with Gasteiger partial charge < -0.3 is 4.74 Å². The van der Waals surface area contributed by atoms with Crippen LogP contribution in [0.25, 0.3) is 55.3 Å². The van der Waals surface area contributed by atoms with Gasteiger partial charge in [0.15, 0.2) is 0 Å². The highest BCUT2D eigenvalue weighted by molar-refractivity contribution is 6.05. The normalized spacial score (nSPS) is 16.8. The third-order valence-corrected chi connectivity index (χ3v) is 11.9. The minimum absolute atomic E-state index is 0.173. The Balaban J connectivity index is 1.13. The molecule has 0 saturated carbocycles. The fraction of sp³-hybridized carbons (Fsp3) is 0.0800. The second kappa shape index (κ2) is 10.2. The summed E-state index contributed by atoms with van der Waals surface area (Å²) in [5.41, 5.74) is 17.5. The summed E-state index contributed by atoms with van der Waals surface area (Å²) < 4.78 is 6.40. The van der Waals surface area contributed by atoms with Crippen molar-refractivity contribution < 1.29 is 4.74 Å². The number of hydrogen-bond donors (Lipinski definition) is 0. The zero-order valence-corrected chi connectivity index (χ0v) is 28.6. The van der Waals surface area contributed by atoms with Gasteiger partial charge in [0.1, 0.15) is 11.5 Å². The van der Waals surface area contributed by atoms with Crippen molar-refractivity contribution in [2.75, 3.05) is 0 Å². The smallest absolute Gasteiger partial charge is 0.131 e. The van der Waals surface area contributed by atoms with Crippen LogP contribution in [-0.2, 0) is 10.8 Å². The summed E-state index contributed by atoms with van der Waals surface area (Å²) in [5.74, 6) is 1.88. The summed E-state index contributed by atoms with van der Waals surface area (Å²) >= 11 is 0. The summed E-state index contributed by atoms with van der Waals surface area (Å²) in [6, 6.07) is 63.0. The van der Waals surface area contributed by atoms with Crippen molar-refractivity contribution in [2.24, 2.45) is 0 Å². The lowest BCUT2D eigenvalue weighted by Gasteiger charge is -2.34. The van der Waals surface area contributed by atoms with Gasteiger partial charge in [-0.2, -0.15) is 0 Å². The zero-order valence-electron chi connectivity index (χ0n) is 28.6. The molecule has 1 heteroatoms. The van der Waals surface area contributed by atoms with Crippen LogP contribution < -0.4 is 4.74 Å². The molecule has 0 radical (unpaired) electrons. The van der Waals surface area contributed by atoms with Gasteiger partial charge in [-0.25, -0.2) is 0 Å². The van der Waals surface area contributed by atoms with Gasteiger partial charge in [-0.05, 0) is 102 Å². The standard InChI is InChI=1S/C50H34O/c1-49(2)42-22-9-10-24-45(42)51-46-28-26-33(30-44(46)49)32-14-11-15-34(29-32)35-19-12-23-43-47(35)39-18-6-8-21-41(39)50(43)40-20-7-5-17-37(40)38-27-25-31-13-3-4-16-36(31)48(38)50/h3-30H,1-2H3. The molecule has 0 N–H and O–H groups in total. The average molecular weight is 651 g/mol. The molecule has 1 spiro atoms. The van der Waals surface area contributed by atoms with E-state index in [1.54, 1.807) is 0 Å². The molecule has 1 heterocycles. The Bertz CT molecular complexity index is 2770. The first kappa shape index (κ1) is 28.6. The number of hydrogen-bond acceptors (Lipinski definition) is 1. The van der Waals surface area contributed by atoms with Crippen LogP contribution in [-0.4, -0.2) is 0 Å².